The van der Waals surface area contributed by atoms with Gasteiger partial charge in [0, 0.05) is 12.7 Å². The van der Waals surface area contributed by atoms with Crippen molar-refractivity contribution >= 4 is 11.6 Å². The van der Waals surface area contributed by atoms with E-state index in [9.17, 15) is 4.79 Å². The highest BCUT2D eigenvalue weighted by molar-refractivity contribution is 5.99. The molecular formula is C14H22N2O. The molecule has 0 aliphatic carbocycles. The molecule has 0 aromatic heterocycles. The van der Waals surface area contributed by atoms with Gasteiger partial charge < -0.3 is 10.6 Å². The highest BCUT2D eigenvalue weighted by Crippen LogP contribution is 2.18. The SMILES string of the molecule is C=C(C)Nc1ccc(C)cc1C(=O)NC.CC. The summed E-state index contributed by atoms with van der Waals surface area (Å²) in [6.07, 6.45) is 0. The summed E-state index contributed by atoms with van der Waals surface area (Å²) in [5.41, 5.74) is 3.29. The minimum Gasteiger partial charge on any atom is -0.359 e. The van der Waals surface area contributed by atoms with Gasteiger partial charge in [-0.25, -0.2) is 0 Å². The number of allylic oxidation sites excluding steroid dienone is 1. The van der Waals surface area contributed by atoms with E-state index in [0.29, 0.717) is 5.56 Å². The van der Waals surface area contributed by atoms with E-state index in [-0.39, 0.29) is 5.91 Å². The normalized spacial score (nSPS) is 8.76. The lowest BCUT2D eigenvalue weighted by Crippen LogP contribution is -2.19. The first-order chi connectivity index (χ1) is 8.04. The maximum atomic E-state index is 11.6. The van der Waals surface area contributed by atoms with Crippen LogP contribution in [0.2, 0.25) is 0 Å². The molecule has 1 rings (SSSR count). The number of amides is 1. The minimum absolute atomic E-state index is 0.0950. The molecule has 0 aliphatic heterocycles. The van der Waals surface area contributed by atoms with Crippen LogP contribution in [-0.2, 0) is 0 Å². The Labute approximate surface area is 104 Å². The Morgan fingerprint density at radius 2 is 1.88 bits per heavy atom. The third kappa shape index (κ3) is 4.72. The molecule has 0 unspecified atom stereocenters. The van der Waals surface area contributed by atoms with Gasteiger partial charge in [-0.2, -0.15) is 0 Å². The number of rotatable bonds is 3. The van der Waals surface area contributed by atoms with Crippen LogP contribution >= 0.6 is 0 Å². The molecule has 1 aromatic carbocycles. The number of benzene rings is 1. The monoisotopic (exact) mass is 234 g/mol. The first kappa shape index (κ1) is 15.2. The van der Waals surface area contributed by atoms with Crippen LogP contribution in [0.5, 0.6) is 0 Å². The Morgan fingerprint density at radius 1 is 1.29 bits per heavy atom. The van der Waals surface area contributed by atoms with Crippen molar-refractivity contribution in [3.05, 3.63) is 41.6 Å². The fourth-order valence-corrected chi connectivity index (χ4v) is 1.32. The number of anilines is 1. The van der Waals surface area contributed by atoms with Crippen molar-refractivity contribution in [1.29, 1.82) is 0 Å². The van der Waals surface area contributed by atoms with E-state index in [0.717, 1.165) is 16.9 Å². The lowest BCUT2D eigenvalue weighted by Gasteiger charge is -2.11. The van der Waals surface area contributed by atoms with E-state index in [1.165, 1.54) is 0 Å². The van der Waals surface area contributed by atoms with Gasteiger partial charge in [0.1, 0.15) is 0 Å². The van der Waals surface area contributed by atoms with Crippen molar-refractivity contribution in [3.8, 4) is 0 Å². The minimum atomic E-state index is -0.0950. The number of hydrogen-bond acceptors (Lipinski definition) is 2. The number of aryl methyl sites for hydroxylation is 1. The van der Waals surface area contributed by atoms with Gasteiger partial charge >= 0.3 is 0 Å². The van der Waals surface area contributed by atoms with Crippen LogP contribution in [0.1, 0.15) is 36.7 Å². The number of carbonyl (C=O) groups excluding carboxylic acids is 1. The zero-order chi connectivity index (χ0) is 13.4. The van der Waals surface area contributed by atoms with Crippen LogP contribution in [0.3, 0.4) is 0 Å². The number of nitrogens with one attached hydrogen (secondary N) is 2. The van der Waals surface area contributed by atoms with Gasteiger partial charge in [-0.05, 0) is 26.0 Å². The summed E-state index contributed by atoms with van der Waals surface area (Å²) >= 11 is 0. The lowest BCUT2D eigenvalue weighted by molar-refractivity contribution is 0.0964. The largest absolute Gasteiger partial charge is 0.359 e. The maximum absolute atomic E-state index is 11.6. The van der Waals surface area contributed by atoms with Crippen LogP contribution in [0, 0.1) is 6.92 Å². The predicted molar refractivity (Wildman–Crippen MR) is 74.4 cm³/mol. The van der Waals surface area contributed by atoms with Gasteiger partial charge in [0.25, 0.3) is 5.91 Å². The van der Waals surface area contributed by atoms with Crippen LogP contribution in [0.15, 0.2) is 30.5 Å². The Kier molecular flexibility index (Phi) is 6.71. The molecule has 0 saturated heterocycles. The first-order valence-corrected chi connectivity index (χ1v) is 5.80. The predicted octanol–water partition coefficient (Wildman–Crippen LogP) is 3.33. The van der Waals surface area contributed by atoms with Crippen molar-refractivity contribution in [2.24, 2.45) is 0 Å². The highest BCUT2D eigenvalue weighted by Gasteiger charge is 2.09. The second kappa shape index (κ2) is 7.49. The van der Waals surface area contributed by atoms with Gasteiger partial charge in [0.2, 0.25) is 0 Å². The summed E-state index contributed by atoms with van der Waals surface area (Å²) in [6, 6.07) is 5.69. The Hall–Kier alpha value is -1.77. The smallest absolute Gasteiger partial charge is 0.253 e. The number of carbonyl (C=O) groups is 1. The molecule has 3 heteroatoms. The first-order valence-electron chi connectivity index (χ1n) is 5.80. The number of hydrogen-bond donors (Lipinski definition) is 2. The fourth-order valence-electron chi connectivity index (χ4n) is 1.32. The second-order valence-corrected chi connectivity index (χ2v) is 3.53. The molecule has 0 spiro atoms. The van der Waals surface area contributed by atoms with Gasteiger partial charge in [-0.3, -0.25) is 4.79 Å². The van der Waals surface area contributed by atoms with Gasteiger partial charge in [0.15, 0.2) is 0 Å². The van der Waals surface area contributed by atoms with Crippen molar-refractivity contribution in [3.63, 3.8) is 0 Å². The summed E-state index contributed by atoms with van der Waals surface area (Å²) in [7, 11) is 1.62. The van der Waals surface area contributed by atoms with Gasteiger partial charge in [-0.15, -0.1) is 0 Å². The fraction of sp³-hybridized carbons (Fsp3) is 0.357. The highest BCUT2D eigenvalue weighted by atomic mass is 16.1. The second-order valence-electron chi connectivity index (χ2n) is 3.53. The summed E-state index contributed by atoms with van der Waals surface area (Å²) in [6.45, 7) is 11.6. The molecule has 1 aromatic rings. The van der Waals surface area contributed by atoms with Gasteiger partial charge in [0.05, 0.1) is 11.3 Å². The maximum Gasteiger partial charge on any atom is 0.253 e. The van der Waals surface area contributed by atoms with Crippen LogP contribution in [-0.4, -0.2) is 13.0 Å². The van der Waals surface area contributed by atoms with Crippen LogP contribution in [0.4, 0.5) is 5.69 Å². The topological polar surface area (TPSA) is 41.1 Å². The van der Waals surface area contributed by atoms with E-state index >= 15 is 0 Å². The summed E-state index contributed by atoms with van der Waals surface area (Å²) < 4.78 is 0. The molecule has 0 fully saturated rings. The quantitative estimate of drug-likeness (QED) is 0.842. The zero-order valence-corrected chi connectivity index (χ0v) is 11.3. The van der Waals surface area contributed by atoms with Crippen molar-refractivity contribution in [2.45, 2.75) is 27.7 Å². The van der Waals surface area contributed by atoms with Crippen molar-refractivity contribution in [1.82, 2.24) is 5.32 Å². The average molecular weight is 234 g/mol. The zero-order valence-electron chi connectivity index (χ0n) is 11.3. The van der Waals surface area contributed by atoms with Crippen molar-refractivity contribution < 1.29 is 4.79 Å². The molecule has 0 radical (unpaired) electrons. The lowest BCUT2D eigenvalue weighted by atomic mass is 10.1. The molecule has 94 valence electrons. The molecule has 0 bridgehead atoms. The Morgan fingerprint density at radius 3 is 2.35 bits per heavy atom. The molecule has 2 N–H and O–H groups in total. The van der Waals surface area contributed by atoms with E-state index in [2.05, 4.69) is 17.2 Å². The average Bonchev–Trinajstić information content (AvgIpc) is 2.32. The molecule has 0 atom stereocenters. The summed E-state index contributed by atoms with van der Waals surface area (Å²) in [4.78, 5) is 11.6. The van der Waals surface area contributed by atoms with E-state index < -0.39 is 0 Å². The molecule has 0 aliphatic rings. The molecule has 17 heavy (non-hydrogen) atoms. The van der Waals surface area contributed by atoms with Gasteiger partial charge in [-0.1, -0.05) is 32.1 Å². The molecule has 3 nitrogen and oxygen atoms in total. The molecular weight excluding hydrogens is 212 g/mol. The Bertz CT molecular complexity index is 397. The third-order valence-corrected chi connectivity index (χ3v) is 1.99. The standard InChI is InChI=1S/C12H16N2O.C2H6/c1-8(2)14-11-6-5-9(3)7-10(11)12(15)13-4;1-2/h5-7,14H,1H2,2-4H3,(H,13,15);1-2H3. The van der Waals surface area contributed by atoms with E-state index in [4.69, 9.17) is 0 Å². The van der Waals surface area contributed by atoms with Crippen molar-refractivity contribution in [2.75, 3.05) is 12.4 Å². The van der Waals surface area contributed by atoms with Crippen LogP contribution in [0.25, 0.3) is 0 Å². The van der Waals surface area contributed by atoms with E-state index in [1.54, 1.807) is 7.05 Å². The molecule has 0 saturated carbocycles. The third-order valence-electron chi connectivity index (χ3n) is 1.99. The molecule has 1 amide bonds. The molecule has 0 heterocycles. The summed E-state index contributed by atoms with van der Waals surface area (Å²) in [5, 5.41) is 5.67. The van der Waals surface area contributed by atoms with E-state index in [1.807, 2.05) is 45.9 Å². The summed E-state index contributed by atoms with van der Waals surface area (Å²) in [5.74, 6) is -0.0950. The Balaban J connectivity index is 0.00000121. The van der Waals surface area contributed by atoms with Crippen LogP contribution < -0.4 is 10.6 Å².